The topological polar surface area (TPSA) is 50.4 Å². The molecule has 1 aliphatic heterocycles. The molecule has 1 aromatic rings. The lowest BCUT2D eigenvalue weighted by Gasteiger charge is -2.09. The summed E-state index contributed by atoms with van der Waals surface area (Å²) < 4.78 is 5.60. The van der Waals surface area contributed by atoms with Gasteiger partial charge in [-0.3, -0.25) is 4.79 Å². The number of benzene rings is 1. The number of carbonyl (C=O) groups excluding carboxylic acids is 1. The number of hydrogen-bond donors (Lipinski definition) is 2. The van der Waals surface area contributed by atoms with Crippen LogP contribution in [0.2, 0.25) is 0 Å². The van der Waals surface area contributed by atoms with Crippen molar-refractivity contribution in [2.75, 3.05) is 26.2 Å². The first-order chi connectivity index (χ1) is 9.86. The lowest BCUT2D eigenvalue weighted by atomic mass is 10.1. The molecule has 0 radical (unpaired) electrons. The molecule has 1 fully saturated rings. The molecule has 20 heavy (non-hydrogen) atoms. The van der Waals surface area contributed by atoms with Gasteiger partial charge in [-0.15, -0.1) is 0 Å². The number of unbranched alkanes of at least 4 members (excludes halogenated alkanes) is 1. The average Bonchev–Trinajstić information content (AvgIpc) is 3.01. The summed E-state index contributed by atoms with van der Waals surface area (Å²) >= 11 is 0. The fourth-order valence-corrected chi connectivity index (χ4v) is 2.33. The van der Waals surface area contributed by atoms with Gasteiger partial charge in [-0.05, 0) is 31.4 Å². The van der Waals surface area contributed by atoms with Crippen LogP contribution in [-0.2, 0) is 16.1 Å². The molecular weight excluding hydrogens is 252 g/mol. The monoisotopic (exact) mass is 276 g/mol. The third-order valence-electron chi connectivity index (χ3n) is 3.56. The van der Waals surface area contributed by atoms with Gasteiger partial charge in [0.15, 0.2) is 0 Å². The van der Waals surface area contributed by atoms with Gasteiger partial charge in [0.1, 0.15) is 0 Å². The summed E-state index contributed by atoms with van der Waals surface area (Å²) in [6, 6.07) is 10.2. The molecule has 0 saturated carbocycles. The van der Waals surface area contributed by atoms with E-state index in [0.717, 1.165) is 45.5 Å². The Balaban J connectivity index is 1.44. The Morgan fingerprint density at radius 2 is 2.15 bits per heavy atom. The highest BCUT2D eigenvalue weighted by Crippen LogP contribution is 2.07. The van der Waals surface area contributed by atoms with Crippen molar-refractivity contribution in [2.45, 2.75) is 25.9 Å². The van der Waals surface area contributed by atoms with Crippen molar-refractivity contribution in [3.63, 3.8) is 0 Å². The Labute approximate surface area is 120 Å². The first-order valence-electron chi connectivity index (χ1n) is 7.46. The number of rotatable bonds is 8. The number of amides is 1. The second-order valence-electron chi connectivity index (χ2n) is 5.23. The van der Waals surface area contributed by atoms with Crippen molar-refractivity contribution in [3.8, 4) is 0 Å². The third-order valence-corrected chi connectivity index (χ3v) is 3.56. The Morgan fingerprint density at radius 3 is 2.90 bits per heavy atom. The Kier molecular flexibility index (Phi) is 6.54. The molecule has 0 spiro atoms. The predicted octanol–water partition coefficient (Wildman–Crippen LogP) is 1.71. The Morgan fingerprint density at radius 1 is 1.30 bits per heavy atom. The molecule has 0 aliphatic carbocycles. The fraction of sp³-hybridized carbons (Fsp3) is 0.562. The largest absolute Gasteiger partial charge is 0.377 e. The number of ether oxygens (including phenoxy) is 1. The third kappa shape index (κ3) is 5.31. The molecule has 1 aromatic carbocycles. The number of hydrogen-bond acceptors (Lipinski definition) is 3. The van der Waals surface area contributed by atoms with E-state index in [4.69, 9.17) is 4.74 Å². The first kappa shape index (κ1) is 15.0. The fourth-order valence-electron chi connectivity index (χ4n) is 2.33. The summed E-state index contributed by atoms with van der Waals surface area (Å²) in [7, 11) is 0. The van der Waals surface area contributed by atoms with E-state index in [1.807, 2.05) is 18.2 Å². The van der Waals surface area contributed by atoms with Gasteiger partial charge in [-0.1, -0.05) is 30.3 Å². The van der Waals surface area contributed by atoms with E-state index in [1.54, 1.807) is 0 Å². The zero-order valence-corrected chi connectivity index (χ0v) is 11.9. The van der Waals surface area contributed by atoms with Crippen LogP contribution < -0.4 is 10.6 Å². The van der Waals surface area contributed by atoms with Crippen molar-refractivity contribution in [2.24, 2.45) is 5.92 Å². The zero-order chi connectivity index (χ0) is 14.0. The highest BCUT2D eigenvalue weighted by atomic mass is 16.5. The zero-order valence-electron chi connectivity index (χ0n) is 11.9. The smallest absolute Gasteiger partial charge is 0.224 e. The van der Waals surface area contributed by atoms with Crippen molar-refractivity contribution in [3.05, 3.63) is 35.9 Å². The minimum absolute atomic E-state index is 0.171. The van der Waals surface area contributed by atoms with Crippen LogP contribution in [0.25, 0.3) is 0 Å². The normalized spacial score (nSPS) is 18.1. The molecule has 0 aromatic heterocycles. The van der Waals surface area contributed by atoms with E-state index in [9.17, 15) is 4.79 Å². The second-order valence-corrected chi connectivity index (χ2v) is 5.23. The quantitative estimate of drug-likeness (QED) is 0.711. The molecule has 1 saturated heterocycles. The maximum Gasteiger partial charge on any atom is 0.224 e. The van der Waals surface area contributed by atoms with Gasteiger partial charge in [-0.2, -0.15) is 0 Å². The molecule has 4 heteroatoms. The molecule has 2 rings (SSSR count). The molecule has 1 amide bonds. The predicted molar refractivity (Wildman–Crippen MR) is 79.3 cm³/mol. The van der Waals surface area contributed by atoms with Gasteiger partial charge >= 0.3 is 0 Å². The van der Waals surface area contributed by atoms with Crippen LogP contribution in [0.1, 0.15) is 24.8 Å². The van der Waals surface area contributed by atoms with Crippen LogP contribution in [0.5, 0.6) is 0 Å². The molecule has 1 atom stereocenters. The van der Waals surface area contributed by atoms with Crippen LogP contribution in [0.15, 0.2) is 30.3 Å². The van der Waals surface area contributed by atoms with E-state index < -0.39 is 0 Å². The molecule has 1 unspecified atom stereocenters. The lowest BCUT2D eigenvalue weighted by Crippen LogP contribution is -2.32. The summed E-state index contributed by atoms with van der Waals surface area (Å²) in [5, 5.41) is 6.20. The van der Waals surface area contributed by atoms with E-state index >= 15 is 0 Å². The van der Waals surface area contributed by atoms with Crippen molar-refractivity contribution < 1.29 is 9.53 Å². The van der Waals surface area contributed by atoms with E-state index in [2.05, 4.69) is 22.8 Å². The highest BCUT2D eigenvalue weighted by Gasteiger charge is 2.21. The maximum absolute atomic E-state index is 11.7. The van der Waals surface area contributed by atoms with Gasteiger partial charge in [-0.25, -0.2) is 0 Å². The minimum atomic E-state index is 0.171. The van der Waals surface area contributed by atoms with Gasteiger partial charge in [0, 0.05) is 19.7 Å². The van der Waals surface area contributed by atoms with Crippen molar-refractivity contribution in [1.29, 1.82) is 0 Å². The molecule has 1 aliphatic rings. The maximum atomic E-state index is 11.7. The first-order valence-corrected chi connectivity index (χ1v) is 7.46. The standard InChI is InChI=1S/C16H24N2O2/c19-16(15-8-10-17-12-15)18-9-4-5-11-20-13-14-6-2-1-3-7-14/h1-3,6-7,15,17H,4-5,8-13H2,(H,18,19). The molecule has 110 valence electrons. The van der Waals surface area contributed by atoms with E-state index in [1.165, 1.54) is 5.56 Å². The summed E-state index contributed by atoms with van der Waals surface area (Å²) in [5.74, 6) is 0.365. The molecule has 0 bridgehead atoms. The van der Waals surface area contributed by atoms with E-state index in [-0.39, 0.29) is 11.8 Å². The summed E-state index contributed by atoms with van der Waals surface area (Å²) in [5.41, 5.74) is 1.20. The SMILES string of the molecule is O=C(NCCCCOCc1ccccc1)C1CCNC1. The molecule has 4 nitrogen and oxygen atoms in total. The van der Waals surface area contributed by atoms with Gasteiger partial charge in [0.2, 0.25) is 5.91 Å². The second kappa shape index (κ2) is 8.72. The van der Waals surface area contributed by atoms with Crippen molar-refractivity contribution >= 4 is 5.91 Å². The minimum Gasteiger partial charge on any atom is -0.377 e. The number of carbonyl (C=O) groups is 1. The summed E-state index contributed by atoms with van der Waals surface area (Å²) in [4.78, 5) is 11.7. The van der Waals surface area contributed by atoms with Gasteiger partial charge < -0.3 is 15.4 Å². The van der Waals surface area contributed by atoms with Crippen LogP contribution in [0.4, 0.5) is 0 Å². The van der Waals surface area contributed by atoms with Gasteiger partial charge in [0.25, 0.3) is 0 Å². The van der Waals surface area contributed by atoms with Crippen molar-refractivity contribution in [1.82, 2.24) is 10.6 Å². The number of nitrogens with one attached hydrogen (secondary N) is 2. The average molecular weight is 276 g/mol. The highest BCUT2D eigenvalue weighted by molar-refractivity contribution is 5.79. The van der Waals surface area contributed by atoms with Crippen LogP contribution in [0.3, 0.4) is 0 Å². The molecule has 2 N–H and O–H groups in total. The Hall–Kier alpha value is -1.39. The van der Waals surface area contributed by atoms with Crippen LogP contribution in [-0.4, -0.2) is 32.1 Å². The Bertz CT molecular complexity index is 389. The lowest BCUT2D eigenvalue weighted by molar-refractivity contribution is -0.124. The molecular formula is C16H24N2O2. The van der Waals surface area contributed by atoms with Gasteiger partial charge in [0.05, 0.1) is 12.5 Å². The van der Waals surface area contributed by atoms with Crippen LogP contribution >= 0.6 is 0 Å². The summed E-state index contributed by atoms with van der Waals surface area (Å²) in [6.45, 7) is 3.96. The molecule has 1 heterocycles. The summed E-state index contributed by atoms with van der Waals surface area (Å²) in [6.07, 6.45) is 2.92. The van der Waals surface area contributed by atoms with E-state index in [0.29, 0.717) is 6.61 Å². The van der Waals surface area contributed by atoms with Crippen LogP contribution in [0, 0.1) is 5.92 Å².